The number of hydrogen-bond donors (Lipinski definition) is 1. The normalized spacial score (nSPS) is 20.5. The third kappa shape index (κ3) is 5.76. The zero-order valence-corrected chi connectivity index (χ0v) is 21.5. The molecule has 3 heterocycles. The van der Waals surface area contributed by atoms with Crippen LogP contribution in [0.5, 0.6) is 0 Å². The molecule has 4 rings (SSSR count). The Morgan fingerprint density at radius 3 is 2.92 bits per heavy atom. The fraction of sp³-hybridized carbons (Fsp3) is 0.538. The number of rotatable bonds is 5. The van der Waals surface area contributed by atoms with Crippen LogP contribution < -0.4 is 0 Å². The minimum atomic E-state index is -0.357. The van der Waals surface area contributed by atoms with Crippen molar-refractivity contribution in [1.29, 1.82) is 0 Å². The van der Waals surface area contributed by atoms with Crippen molar-refractivity contribution in [2.75, 3.05) is 26.7 Å². The third-order valence-corrected chi connectivity index (χ3v) is 6.98. The van der Waals surface area contributed by atoms with Crippen molar-refractivity contribution < 1.29 is 19.4 Å². The molecule has 10 heteroatoms. The molecule has 2 aromatic heterocycles. The molecular weight excluding hydrogens is 460 g/mol. The van der Waals surface area contributed by atoms with E-state index in [1.165, 1.54) is 0 Å². The summed E-state index contributed by atoms with van der Waals surface area (Å²) in [6, 6.07) is 7.42. The lowest BCUT2D eigenvalue weighted by Gasteiger charge is -2.35. The predicted molar refractivity (Wildman–Crippen MR) is 135 cm³/mol. The molecule has 0 saturated carbocycles. The van der Waals surface area contributed by atoms with Gasteiger partial charge in [-0.3, -0.25) is 14.3 Å². The summed E-state index contributed by atoms with van der Waals surface area (Å²) in [5.41, 5.74) is 2.32. The molecule has 0 unspecified atom stereocenters. The topological polar surface area (TPSA) is 106 Å². The molecule has 0 saturated heterocycles. The number of aliphatic hydroxyl groups excluding tert-OH is 1. The SMILES string of the molecule is C[C@H]1CN([C@@H](C)CO)C(=O)CCCn2cc(nn2)CO[C@H]1CN(C)C(=O)c1ccc2ccn(C)c2c1. The number of carbonyl (C=O) groups excluding carboxylic acids is 2. The van der Waals surface area contributed by atoms with Crippen LogP contribution in [0.2, 0.25) is 0 Å². The Bertz CT molecular complexity index is 1200. The van der Waals surface area contributed by atoms with Gasteiger partial charge >= 0.3 is 0 Å². The fourth-order valence-corrected chi connectivity index (χ4v) is 4.66. The van der Waals surface area contributed by atoms with Gasteiger partial charge < -0.3 is 24.2 Å². The van der Waals surface area contributed by atoms with Gasteiger partial charge in [0.1, 0.15) is 5.69 Å². The number of hydrogen-bond acceptors (Lipinski definition) is 6. The van der Waals surface area contributed by atoms with E-state index in [0.29, 0.717) is 43.7 Å². The molecule has 2 amide bonds. The van der Waals surface area contributed by atoms with Gasteiger partial charge in [-0.1, -0.05) is 18.2 Å². The lowest BCUT2D eigenvalue weighted by Crippen LogP contribution is -2.47. The highest BCUT2D eigenvalue weighted by Crippen LogP contribution is 2.20. The Morgan fingerprint density at radius 2 is 2.14 bits per heavy atom. The van der Waals surface area contributed by atoms with E-state index >= 15 is 0 Å². The number of amides is 2. The maximum atomic E-state index is 13.3. The van der Waals surface area contributed by atoms with Crippen LogP contribution in [0.15, 0.2) is 36.7 Å². The van der Waals surface area contributed by atoms with Gasteiger partial charge in [0.15, 0.2) is 0 Å². The van der Waals surface area contributed by atoms with E-state index < -0.39 is 0 Å². The summed E-state index contributed by atoms with van der Waals surface area (Å²) in [6.07, 6.45) is 4.45. The number of aliphatic hydroxyl groups is 1. The summed E-state index contributed by atoms with van der Waals surface area (Å²) in [5.74, 6) is -0.203. The number of carbonyl (C=O) groups is 2. The molecule has 194 valence electrons. The molecule has 0 radical (unpaired) electrons. The van der Waals surface area contributed by atoms with Gasteiger partial charge in [0.2, 0.25) is 5.91 Å². The smallest absolute Gasteiger partial charge is 0.253 e. The second kappa shape index (κ2) is 11.2. The average molecular weight is 497 g/mol. The molecular formula is C26H36N6O4. The third-order valence-electron chi connectivity index (χ3n) is 6.98. The van der Waals surface area contributed by atoms with E-state index in [4.69, 9.17) is 4.74 Å². The van der Waals surface area contributed by atoms with Gasteiger partial charge in [0.25, 0.3) is 5.91 Å². The van der Waals surface area contributed by atoms with Crippen LogP contribution >= 0.6 is 0 Å². The number of benzene rings is 1. The number of aromatic nitrogens is 4. The highest BCUT2D eigenvalue weighted by atomic mass is 16.5. The molecule has 1 aromatic carbocycles. The predicted octanol–water partition coefficient (Wildman–Crippen LogP) is 2.07. The quantitative estimate of drug-likeness (QED) is 0.580. The molecule has 10 nitrogen and oxygen atoms in total. The molecule has 36 heavy (non-hydrogen) atoms. The summed E-state index contributed by atoms with van der Waals surface area (Å²) in [6.45, 7) is 5.35. The van der Waals surface area contributed by atoms with E-state index in [0.717, 1.165) is 10.9 Å². The van der Waals surface area contributed by atoms with Crippen molar-refractivity contribution in [3.63, 3.8) is 0 Å². The van der Waals surface area contributed by atoms with Crippen LogP contribution in [0.4, 0.5) is 0 Å². The molecule has 3 atom stereocenters. The molecule has 0 fully saturated rings. The van der Waals surface area contributed by atoms with Crippen molar-refractivity contribution in [3.05, 3.63) is 47.9 Å². The second-order valence-corrected chi connectivity index (χ2v) is 9.87. The summed E-state index contributed by atoms with van der Waals surface area (Å²) in [7, 11) is 3.73. The van der Waals surface area contributed by atoms with Crippen LogP contribution in [0, 0.1) is 5.92 Å². The van der Waals surface area contributed by atoms with E-state index in [1.807, 2.05) is 62.1 Å². The number of likely N-dealkylation sites (N-methyl/N-ethyl adjacent to an activating group) is 1. The van der Waals surface area contributed by atoms with Gasteiger partial charge in [-0.15, -0.1) is 5.10 Å². The summed E-state index contributed by atoms with van der Waals surface area (Å²) >= 11 is 0. The zero-order chi connectivity index (χ0) is 25.8. The number of nitrogens with zero attached hydrogens (tertiary/aromatic N) is 6. The summed E-state index contributed by atoms with van der Waals surface area (Å²) < 4.78 is 10.00. The van der Waals surface area contributed by atoms with Gasteiger partial charge in [0.05, 0.1) is 31.6 Å². The minimum Gasteiger partial charge on any atom is -0.394 e. The Kier molecular flexibility index (Phi) is 8.05. The van der Waals surface area contributed by atoms with Crippen molar-refractivity contribution in [2.24, 2.45) is 13.0 Å². The van der Waals surface area contributed by atoms with Gasteiger partial charge in [-0.2, -0.15) is 0 Å². The van der Waals surface area contributed by atoms with E-state index in [2.05, 4.69) is 10.3 Å². The fourth-order valence-electron chi connectivity index (χ4n) is 4.66. The van der Waals surface area contributed by atoms with Crippen molar-refractivity contribution in [2.45, 2.75) is 52.0 Å². The first-order chi connectivity index (χ1) is 17.3. The van der Waals surface area contributed by atoms with Gasteiger partial charge in [-0.25, -0.2) is 0 Å². The molecule has 0 aliphatic carbocycles. The Balaban J connectivity index is 1.55. The van der Waals surface area contributed by atoms with E-state index in [-0.39, 0.29) is 43.1 Å². The summed E-state index contributed by atoms with van der Waals surface area (Å²) in [5, 5.41) is 19.2. The first-order valence-corrected chi connectivity index (χ1v) is 12.5. The van der Waals surface area contributed by atoms with Gasteiger partial charge in [-0.05, 0) is 36.9 Å². The lowest BCUT2D eigenvalue weighted by molar-refractivity contribution is -0.136. The molecule has 0 spiro atoms. The standard InChI is InChI=1S/C26H36N6O4/c1-18-13-32(19(2)16-33)25(34)6-5-10-31-14-22(27-28-31)17-36-24(18)15-30(4)26(35)21-8-7-20-9-11-29(3)23(20)12-21/h7-9,11-12,14,18-19,24,33H,5-6,10,13,15-17H2,1-4H3/t18-,19-,24-/m0/s1. The Hall–Kier alpha value is -3.24. The summed E-state index contributed by atoms with van der Waals surface area (Å²) in [4.78, 5) is 29.8. The molecule has 3 aromatic rings. The van der Waals surface area contributed by atoms with Crippen LogP contribution in [0.25, 0.3) is 10.9 Å². The van der Waals surface area contributed by atoms with Crippen LogP contribution in [-0.4, -0.2) is 85.2 Å². The van der Waals surface area contributed by atoms with E-state index in [9.17, 15) is 14.7 Å². The van der Waals surface area contributed by atoms with Crippen molar-refractivity contribution in [1.82, 2.24) is 29.4 Å². The Labute approximate surface area is 211 Å². The molecule has 1 N–H and O–H groups in total. The largest absolute Gasteiger partial charge is 0.394 e. The van der Waals surface area contributed by atoms with Crippen LogP contribution in [-0.2, 0) is 29.7 Å². The maximum absolute atomic E-state index is 13.3. The van der Waals surface area contributed by atoms with Gasteiger partial charge in [0, 0.05) is 63.3 Å². The molecule has 2 bridgehead atoms. The Morgan fingerprint density at radius 1 is 1.33 bits per heavy atom. The number of aryl methyl sites for hydroxylation is 2. The van der Waals surface area contributed by atoms with E-state index in [1.54, 1.807) is 21.5 Å². The van der Waals surface area contributed by atoms with Crippen LogP contribution in [0.3, 0.4) is 0 Å². The maximum Gasteiger partial charge on any atom is 0.253 e. The highest BCUT2D eigenvalue weighted by molar-refractivity contribution is 5.98. The second-order valence-electron chi connectivity index (χ2n) is 9.87. The molecule has 1 aliphatic heterocycles. The van der Waals surface area contributed by atoms with Crippen LogP contribution in [0.1, 0.15) is 42.7 Å². The number of fused-ring (bicyclic) bond motifs is 3. The average Bonchev–Trinajstić information content (AvgIpc) is 3.49. The highest BCUT2D eigenvalue weighted by Gasteiger charge is 2.29. The van der Waals surface area contributed by atoms with Crippen molar-refractivity contribution in [3.8, 4) is 0 Å². The first-order valence-electron chi connectivity index (χ1n) is 12.5. The monoisotopic (exact) mass is 496 g/mol. The zero-order valence-electron chi connectivity index (χ0n) is 21.5. The first kappa shape index (κ1) is 25.8. The number of ether oxygens (including phenoxy) is 1. The molecule has 1 aliphatic rings. The minimum absolute atomic E-state index is 0.0120. The van der Waals surface area contributed by atoms with Crippen molar-refractivity contribution >= 4 is 22.7 Å². The lowest BCUT2D eigenvalue weighted by atomic mass is 10.0.